The van der Waals surface area contributed by atoms with E-state index >= 15 is 0 Å². The largest absolute Gasteiger partial charge is 0.352 e. The minimum absolute atomic E-state index is 0.0132. The van der Waals surface area contributed by atoms with Gasteiger partial charge in [-0.2, -0.15) is 0 Å². The first-order valence-electron chi connectivity index (χ1n) is 8.56. The molecule has 4 nitrogen and oxygen atoms in total. The number of benzene rings is 1. The van der Waals surface area contributed by atoms with Crippen molar-refractivity contribution in [2.24, 2.45) is 0 Å². The SMILES string of the molecule is C[C@H]1[C@H](c2ccc(Cl)cc2)SC(=O)N1CC(=O)NC1CCCCC1. The van der Waals surface area contributed by atoms with Crippen LogP contribution in [0.25, 0.3) is 0 Å². The van der Waals surface area contributed by atoms with Gasteiger partial charge in [0.1, 0.15) is 6.54 Å². The number of rotatable bonds is 4. The van der Waals surface area contributed by atoms with Crippen LogP contribution in [0.3, 0.4) is 0 Å². The van der Waals surface area contributed by atoms with Gasteiger partial charge in [0.25, 0.3) is 5.24 Å². The van der Waals surface area contributed by atoms with Crippen molar-refractivity contribution in [2.45, 2.75) is 56.4 Å². The highest BCUT2D eigenvalue weighted by molar-refractivity contribution is 8.14. The number of amides is 2. The molecule has 130 valence electrons. The molecule has 1 aromatic rings. The van der Waals surface area contributed by atoms with E-state index < -0.39 is 0 Å². The van der Waals surface area contributed by atoms with E-state index in [1.165, 1.54) is 31.0 Å². The van der Waals surface area contributed by atoms with Crippen molar-refractivity contribution in [3.8, 4) is 0 Å². The Morgan fingerprint density at radius 3 is 2.58 bits per heavy atom. The third-order valence-corrected chi connectivity index (χ3v) is 6.48. The van der Waals surface area contributed by atoms with E-state index in [0.717, 1.165) is 18.4 Å². The molecule has 0 radical (unpaired) electrons. The summed E-state index contributed by atoms with van der Waals surface area (Å²) >= 11 is 7.23. The molecule has 2 fully saturated rings. The topological polar surface area (TPSA) is 49.4 Å². The molecule has 1 saturated heterocycles. The van der Waals surface area contributed by atoms with Crippen LogP contribution < -0.4 is 5.32 Å². The van der Waals surface area contributed by atoms with Crippen LogP contribution in [0.2, 0.25) is 5.02 Å². The molecular formula is C18H23ClN2O2S. The third-order valence-electron chi connectivity index (χ3n) is 4.87. The Balaban J connectivity index is 1.60. The summed E-state index contributed by atoms with van der Waals surface area (Å²) in [6, 6.07) is 7.85. The van der Waals surface area contributed by atoms with Gasteiger partial charge in [-0.3, -0.25) is 9.59 Å². The van der Waals surface area contributed by atoms with E-state index in [4.69, 9.17) is 11.6 Å². The quantitative estimate of drug-likeness (QED) is 0.859. The lowest BCUT2D eigenvalue weighted by Gasteiger charge is -2.26. The van der Waals surface area contributed by atoms with Gasteiger partial charge in [-0.1, -0.05) is 54.8 Å². The number of hydrogen-bond donors (Lipinski definition) is 1. The molecule has 6 heteroatoms. The summed E-state index contributed by atoms with van der Waals surface area (Å²) in [5.41, 5.74) is 1.07. The Bertz CT molecular complexity index is 602. The molecule has 1 aliphatic heterocycles. The number of nitrogens with zero attached hydrogens (tertiary/aromatic N) is 1. The second kappa shape index (κ2) is 7.79. The second-order valence-corrected chi connectivity index (χ2v) is 8.16. The Labute approximate surface area is 152 Å². The monoisotopic (exact) mass is 366 g/mol. The molecule has 0 unspecified atom stereocenters. The molecule has 1 aliphatic carbocycles. The van der Waals surface area contributed by atoms with Gasteiger partial charge in [0.15, 0.2) is 0 Å². The standard InChI is InChI=1S/C18H23ClN2O2S/c1-12-17(13-7-9-14(19)10-8-13)24-18(23)21(12)11-16(22)20-15-5-3-2-4-6-15/h7-10,12,15,17H,2-6,11H2,1H3,(H,20,22)/t12-,17+/m0/s1. The van der Waals surface area contributed by atoms with E-state index in [9.17, 15) is 9.59 Å². The Morgan fingerprint density at radius 1 is 1.25 bits per heavy atom. The first-order valence-corrected chi connectivity index (χ1v) is 9.82. The molecule has 0 spiro atoms. The number of carbonyl (C=O) groups excluding carboxylic acids is 2. The molecule has 0 aromatic heterocycles. The molecule has 1 saturated carbocycles. The molecule has 2 aliphatic rings. The molecule has 2 amide bonds. The number of nitrogens with one attached hydrogen (secondary N) is 1. The summed E-state index contributed by atoms with van der Waals surface area (Å²) in [7, 11) is 0. The van der Waals surface area contributed by atoms with Gasteiger partial charge in [-0.25, -0.2) is 0 Å². The zero-order valence-electron chi connectivity index (χ0n) is 13.8. The van der Waals surface area contributed by atoms with Crippen molar-refractivity contribution < 1.29 is 9.59 Å². The van der Waals surface area contributed by atoms with E-state index in [1.807, 2.05) is 31.2 Å². The average Bonchev–Trinajstić information content (AvgIpc) is 2.85. The predicted molar refractivity (Wildman–Crippen MR) is 98.4 cm³/mol. The third kappa shape index (κ3) is 4.06. The highest BCUT2D eigenvalue weighted by atomic mass is 35.5. The second-order valence-electron chi connectivity index (χ2n) is 6.63. The van der Waals surface area contributed by atoms with Crippen LogP contribution in [-0.2, 0) is 4.79 Å². The molecule has 24 heavy (non-hydrogen) atoms. The Hall–Kier alpha value is -1.20. The lowest BCUT2D eigenvalue weighted by molar-refractivity contribution is -0.122. The fourth-order valence-electron chi connectivity index (χ4n) is 3.49. The van der Waals surface area contributed by atoms with Crippen LogP contribution in [0.4, 0.5) is 4.79 Å². The average molecular weight is 367 g/mol. The maximum absolute atomic E-state index is 12.3. The van der Waals surface area contributed by atoms with Gasteiger partial charge < -0.3 is 10.2 Å². The summed E-state index contributed by atoms with van der Waals surface area (Å²) in [6.45, 7) is 2.15. The lowest BCUT2D eigenvalue weighted by Crippen LogP contribution is -2.45. The minimum atomic E-state index is -0.0422. The highest BCUT2D eigenvalue weighted by Crippen LogP contribution is 2.43. The summed E-state index contributed by atoms with van der Waals surface area (Å²) < 4.78 is 0. The summed E-state index contributed by atoms with van der Waals surface area (Å²) in [4.78, 5) is 26.3. The normalized spacial score (nSPS) is 25.1. The van der Waals surface area contributed by atoms with E-state index in [1.54, 1.807) is 4.90 Å². The molecule has 0 bridgehead atoms. The summed E-state index contributed by atoms with van der Waals surface area (Å²) in [5, 5.41) is 3.79. The van der Waals surface area contributed by atoms with Gasteiger partial charge in [0, 0.05) is 17.1 Å². The maximum atomic E-state index is 12.3. The molecule has 1 N–H and O–H groups in total. The van der Waals surface area contributed by atoms with E-state index in [0.29, 0.717) is 5.02 Å². The van der Waals surface area contributed by atoms with Gasteiger partial charge >= 0.3 is 0 Å². The molecular weight excluding hydrogens is 344 g/mol. The first-order chi connectivity index (χ1) is 11.5. The highest BCUT2D eigenvalue weighted by Gasteiger charge is 2.39. The molecule has 1 heterocycles. The van der Waals surface area contributed by atoms with Gasteiger partial charge in [-0.15, -0.1) is 0 Å². The van der Waals surface area contributed by atoms with Gasteiger partial charge in [0.2, 0.25) is 5.91 Å². The Kier molecular flexibility index (Phi) is 5.72. The predicted octanol–water partition coefficient (Wildman–Crippen LogP) is 4.39. The van der Waals surface area contributed by atoms with Crippen LogP contribution in [0.15, 0.2) is 24.3 Å². The summed E-state index contributed by atoms with van der Waals surface area (Å²) in [6.07, 6.45) is 5.72. The summed E-state index contributed by atoms with van der Waals surface area (Å²) in [5.74, 6) is -0.0422. The zero-order valence-corrected chi connectivity index (χ0v) is 15.4. The first kappa shape index (κ1) is 17.6. The van der Waals surface area contributed by atoms with Gasteiger partial charge in [-0.05, 0) is 37.5 Å². The van der Waals surface area contributed by atoms with Crippen LogP contribution in [0, 0.1) is 0 Å². The van der Waals surface area contributed by atoms with E-state index in [-0.39, 0.29) is 35.0 Å². The molecule has 2 atom stereocenters. The number of halogens is 1. The Morgan fingerprint density at radius 2 is 1.92 bits per heavy atom. The van der Waals surface area contributed by atoms with E-state index in [2.05, 4.69) is 5.32 Å². The zero-order chi connectivity index (χ0) is 17.1. The van der Waals surface area contributed by atoms with Crippen LogP contribution in [-0.4, -0.2) is 34.7 Å². The maximum Gasteiger partial charge on any atom is 0.283 e. The van der Waals surface area contributed by atoms with Crippen molar-refractivity contribution >= 4 is 34.5 Å². The van der Waals surface area contributed by atoms with Gasteiger partial charge in [0.05, 0.1) is 5.25 Å². The fourth-order valence-corrected chi connectivity index (χ4v) is 4.83. The number of thioether (sulfide) groups is 1. The van der Waals surface area contributed by atoms with Crippen molar-refractivity contribution in [3.63, 3.8) is 0 Å². The van der Waals surface area contributed by atoms with Crippen LogP contribution in [0.5, 0.6) is 0 Å². The van der Waals surface area contributed by atoms with Crippen molar-refractivity contribution in [1.82, 2.24) is 10.2 Å². The van der Waals surface area contributed by atoms with Crippen molar-refractivity contribution in [1.29, 1.82) is 0 Å². The number of carbonyl (C=O) groups is 2. The molecule has 1 aromatic carbocycles. The van der Waals surface area contributed by atoms with Crippen LogP contribution >= 0.6 is 23.4 Å². The van der Waals surface area contributed by atoms with Crippen LogP contribution in [0.1, 0.15) is 49.8 Å². The minimum Gasteiger partial charge on any atom is -0.352 e. The number of hydrogen-bond acceptors (Lipinski definition) is 3. The fraction of sp³-hybridized carbons (Fsp3) is 0.556. The van der Waals surface area contributed by atoms with Crippen molar-refractivity contribution in [3.05, 3.63) is 34.9 Å². The lowest BCUT2D eigenvalue weighted by atomic mass is 9.95. The van der Waals surface area contributed by atoms with Crippen molar-refractivity contribution in [2.75, 3.05) is 6.54 Å². The molecule has 3 rings (SSSR count). The smallest absolute Gasteiger partial charge is 0.283 e.